The summed E-state index contributed by atoms with van der Waals surface area (Å²) in [6.45, 7) is 0.0188. The Labute approximate surface area is 158 Å². The van der Waals surface area contributed by atoms with Gasteiger partial charge in [-0.1, -0.05) is 33.5 Å². The number of hydrogen-bond donors (Lipinski definition) is 1. The van der Waals surface area contributed by atoms with Crippen molar-refractivity contribution in [2.24, 2.45) is 0 Å². The SMILES string of the molecule is C#CCN1C(=O)C(O)(CC(=O)c2ccc(Cl)cc2)c2cc(Br)ccc21. The Hall–Kier alpha value is -2.13. The number of benzene rings is 2. The molecule has 0 aliphatic carbocycles. The summed E-state index contributed by atoms with van der Waals surface area (Å²) in [6.07, 6.45) is 4.96. The Bertz CT molecular complexity index is 904. The van der Waals surface area contributed by atoms with Crippen molar-refractivity contribution in [3.8, 4) is 12.3 Å². The van der Waals surface area contributed by atoms with Crippen LogP contribution < -0.4 is 4.90 Å². The molecular weight excluding hydrogens is 406 g/mol. The van der Waals surface area contributed by atoms with Gasteiger partial charge in [0.2, 0.25) is 0 Å². The fraction of sp³-hybridized carbons (Fsp3) is 0.158. The molecule has 4 nitrogen and oxygen atoms in total. The number of ketones is 1. The molecule has 1 amide bonds. The molecule has 0 aromatic heterocycles. The van der Waals surface area contributed by atoms with Crippen LogP contribution in [0.2, 0.25) is 5.02 Å². The number of nitrogens with zero attached hydrogens (tertiary/aromatic N) is 1. The van der Waals surface area contributed by atoms with Crippen molar-refractivity contribution in [1.29, 1.82) is 0 Å². The van der Waals surface area contributed by atoms with E-state index in [0.29, 0.717) is 26.3 Å². The van der Waals surface area contributed by atoms with Gasteiger partial charge in [-0.25, -0.2) is 0 Å². The molecule has 1 N–H and O–H groups in total. The molecule has 0 spiro atoms. The van der Waals surface area contributed by atoms with Gasteiger partial charge >= 0.3 is 0 Å². The first kappa shape index (κ1) is 17.7. The third kappa shape index (κ3) is 3.09. The summed E-state index contributed by atoms with van der Waals surface area (Å²) in [5, 5.41) is 11.6. The average Bonchev–Trinajstić information content (AvgIpc) is 2.77. The van der Waals surface area contributed by atoms with Crippen LogP contribution in [0.25, 0.3) is 0 Å². The lowest BCUT2D eigenvalue weighted by molar-refractivity contribution is -0.135. The molecule has 1 unspecified atom stereocenters. The lowest BCUT2D eigenvalue weighted by Crippen LogP contribution is -2.42. The maximum absolute atomic E-state index is 12.8. The largest absolute Gasteiger partial charge is 0.375 e. The van der Waals surface area contributed by atoms with Gasteiger partial charge in [0.05, 0.1) is 18.7 Å². The topological polar surface area (TPSA) is 57.6 Å². The molecule has 0 saturated carbocycles. The highest BCUT2D eigenvalue weighted by Gasteiger charge is 2.50. The third-order valence-electron chi connectivity index (χ3n) is 4.13. The summed E-state index contributed by atoms with van der Waals surface area (Å²) in [5.74, 6) is 1.45. The fourth-order valence-electron chi connectivity index (χ4n) is 2.91. The lowest BCUT2D eigenvalue weighted by Gasteiger charge is -2.22. The van der Waals surface area contributed by atoms with Crippen molar-refractivity contribution in [1.82, 2.24) is 0 Å². The molecule has 1 heterocycles. The van der Waals surface area contributed by atoms with Crippen LogP contribution in [0.15, 0.2) is 46.9 Å². The van der Waals surface area contributed by atoms with Gasteiger partial charge in [0.1, 0.15) is 0 Å². The summed E-state index contributed by atoms with van der Waals surface area (Å²) in [5.41, 5.74) is -0.702. The highest BCUT2D eigenvalue weighted by molar-refractivity contribution is 9.10. The van der Waals surface area contributed by atoms with E-state index in [1.54, 1.807) is 42.5 Å². The number of Topliss-reactive ketones (excluding diaryl/α,β-unsaturated/α-hetero) is 1. The minimum absolute atomic E-state index is 0.0188. The van der Waals surface area contributed by atoms with E-state index in [9.17, 15) is 14.7 Å². The predicted molar refractivity (Wildman–Crippen MR) is 99.6 cm³/mol. The number of aliphatic hydroxyl groups is 1. The van der Waals surface area contributed by atoms with Crippen LogP contribution in [-0.2, 0) is 10.4 Å². The summed E-state index contributed by atoms with van der Waals surface area (Å²) < 4.78 is 0.693. The van der Waals surface area contributed by atoms with Crippen molar-refractivity contribution in [2.75, 3.05) is 11.4 Å². The van der Waals surface area contributed by atoms with Crippen LogP contribution in [0.5, 0.6) is 0 Å². The van der Waals surface area contributed by atoms with Crippen LogP contribution >= 0.6 is 27.5 Å². The smallest absolute Gasteiger partial charge is 0.265 e. The average molecular weight is 419 g/mol. The molecule has 0 fully saturated rings. The fourth-order valence-corrected chi connectivity index (χ4v) is 3.40. The van der Waals surface area contributed by atoms with E-state index in [-0.39, 0.29) is 18.7 Å². The minimum Gasteiger partial charge on any atom is -0.375 e. The van der Waals surface area contributed by atoms with Crippen molar-refractivity contribution in [3.63, 3.8) is 0 Å². The number of carbonyl (C=O) groups is 2. The second kappa shape index (κ2) is 6.64. The molecule has 2 aromatic rings. The normalized spacial score (nSPS) is 18.8. The first-order chi connectivity index (χ1) is 11.9. The molecule has 6 heteroatoms. The number of fused-ring (bicyclic) bond motifs is 1. The van der Waals surface area contributed by atoms with Gasteiger partial charge in [-0.15, -0.1) is 6.42 Å². The van der Waals surface area contributed by atoms with Gasteiger partial charge in [0.25, 0.3) is 5.91 Å². The maximum atomic E-state index is 12.8. The van der Waals surface area contributed by atoms with Gasteiger partial charge < -0.3 is 5.11 Å². The summed E-state index contributed by atoms with van der Waals surface area (Å²) in [6, 6.07) is 11.4. The molecule has 3 rings (SSSR count). The number of terminal acetylenes is 1. The van der Waals surface area contributed by atoms with Gasteiger partial charge in [0, 0.05) is 20.6 Å². The van der Waals surface area contributed by atoms with Crippen molar-refractivity contribution in [2.45, 2.75) is 12.0 Å². The number of amides is 1. The molecule has 126 valence electrons. The van der Waals surface area contributed by atoms with Gasteiger partial charge in [-0.2, -0.15) is 0 Å². The summed E-state index contributed by atoms with van der Waals surface area (Å²) >= 11 is 9.16. The Morgan fingerprint density at radius 1 is 1.28 bits per heavy atom. The number of rotatable bonds is 4. The Kier molecular flexibility index (Phi) is 4.70. The quantitative estimate of drug-likeness (QED) is 0.610. The highest BCUT2D eigenvalue weighted by atomic mass is 79.9. The van der Waals surface area contributed by atoms with Crippen molar-refractivity contribution >= 4 is 44.9 Å². The molecule has 0 bridgehead atoms. The second-order valence-corrected chi connectivity index (χ2v) is 7.08. The molecule has 1 atom stereocenters. The minimum atomic E-state index is -1.95. The van der Waals surface area contributed by atoms with Crippen LogP contribution in [0, 0.1) is 12.3 Å². The lowest BCUT2D eigenvalue weighted by atomic mass is 9.88. The molecule has 2 aromatic carbocycles. The first-order valence-electron chi connectivity index (χ1n) is 7.43. The Morgan fingerprint density at radius 3 is 2.60 bits per heavy atom. The first-order valence-corrected chi connectivity index (χ1v) is 8.60. The molecule has 1 aliphatic rings. The second-order valence-electron chi connectivity index (χ2n) is 5.72. The van der Waals surface area contributed by atoms with Crippen LogP contribution in [0.1, 0.15) is 22.3 Å². The monoisotopic (exact) mass is 417 g/mol. The zero-order valence-corrected chi connectivity index (χ0v) is 15.3. The molecule has 0 radical (unpaired) electrons. The van der Waals surface area contributed by atoms with Crippen LogP contribution in [0.4, 0.5) is 5.69 Å². The van der Waals surface area contributed by atoms with Crippen molar-refractivity contribution < 1.29 is 14.7 Å². The van der Waals surface area contributed by atoms with Crippen molar-refractivity contribution in [3.05, 3.63) is 63.1 Å². The van der Waals surface area contributed by atoms with Gasteiger partial charge in [-0.3, -0.25) is 14.5 Å². The molecular formula is C19H13BrClNO3. The van der Waals surface area contributed by atoms with E-state index < -0.39 is 11.5 Å². The van der Waals surface area contributed by atoms with Crippen LogP contribution in [0.3, 0.4) is 0 Å². The molecule has 1 aliphatic heterocycles. The molecule has 25 heavy (non-hydrogen) atoms. The predicted octanol–water partition coefficient (Wildman–Crippen LogP) is 3.54. The van der Waals surface area contributed by atoms with E-state index in [1.165, 1.54) is 4.90 Å². The standard InChI is InChI=1S/C19H13BrClNO3/c1-2-9-22-16-8-5-13(20)10-15(16)19(25,18(22)24)11-17(23)12-3-6-14(21)7-4-12/h1,3-8,10,25H,9,11H2. The van der Waals surface area contributed by atoms with E-state index in [4.69, 9.17) is 18.0 Å². The molecule has 0 saturated heterocycles. The van der Waals surface area contributed by atoms with Crippen LogP contribution in [-0.4, -0.2) is 23.3 Å². The zero-order chi connectivity index (χ0) is 18.2. The van der Waals surface area contributed by atoms with E-state index in [1.807, 2.05) is 0 Å². The van der Waals surface area contributed by atoms with Gasteiger partial charge in [-0.05, 0) is 42.5 Å². The summed E-state index contributed by atoms with van der Waals surface area (Å²) in [4.78, 5) is 26.7. The number of anilines is 1. The van der Waals surface area contributed by atoms with E-state index in [2.05, 4.69) is 21.9 Å². The van der Waals surface area contributed by atoms with E-state index in [0.717, 1.165) is 0 Å². The number of carbonyl (C=O) groups excluding carboxylic acids is 2. The Morgan fingerprint density at radius 2 is 1.96 bits per heavy atom. The van der Waals surface area contributed by atoms with Gasteiger partial charge in [0.15, 0.2) is 11.4 Å². The Balaban J connectivity index is 2.01. The zero-order valence-electron chi connectivity index (χ0n) is 13.0. The number of halogens is 2. The summed E-state index contributed by atoms with van der Waals surface area (Å²) in [7, 11) is 0. The number of hydrogen-bond acceptors (Lipinski definition) is 3. The maximum Gasteiger partial charge on any atom is 0.265 e. The third-order valence-corrected chi connectivity index (χ3v) is 4.87. The van der Waals surface area contributed by atoms with E-state index >= 15 is 0 Å². The highest BCUT2D eigenvalue weighted by Crippen LogP contribution is 2.44.